The average molecular weight is 274 g/mol. The van der Waals surface area contributed by atoms with Crippen LogP contribution in [0.5, 0.6) is 0 Å². The molecule has 1 heterocycles. The molecule has 0 spiro atoms. The van der Waals surface area contributed by atoms with Gasteiger partial charge in [-0.3, -0.25) is 4.79 Å². The molecule has 0 saturated heterocycles. The van der Waals surface area contributed by atoms with Crippen molar-refractivity contribution in [2.75, 3.05) is 6.54 Å². The number of amides is 1. The van der Waals surface area contributed by atoms with Gasteiger partial charge in [0.1, 0.15) is 0 Å². The molecule has 0 aliphatic heterocycles. The Morgan fingerprint density at radius 1 is 1.32 bits per heavy atom. The number of hydrogen-bond acceptors (Lipinski definition) is 3. The van der Waals surface area contributed by atoms with Crippen LogP contribution in [0.4, 0.5) is 0 Å². The summed E-state index contributed by atoms with van der Waals surface area (Å²) in [4.78, 5) is 16.0. The highest BCUT2D eigenvalue weighted by molar-refractivity contribution is 7.09. The Balaban J connectivity index is 1.64. The molecule has 1 aromatic heterocycles. The summed E-state index contributed by atoms with van der Waals surface area (Å²) in [5.74, 6) is 0.0540. The average Bonchev–Trinajstić information content (AvgIpc) is 2.81. The Morgan fingerprint density at radius 2 is 2.11 bits per heavy atom. The second-order valence-corrected chi connectivity index (χ2v) is 5.54. The van der Waals surface area contributed by atoms with E-state index in [1.807, 2.05) is 30.5 Å². The van der Waals surface area contributed by atoms with E-state index in [9.17, 15) is 4.79 Å². The first-order valence-electron chi connectivity index (χ1n) is 6.45. The van der Waals surface area contributed by atoms with Crippen LogP contribution in [0.2, 0.25) is 0 Å². The number of carbonyl (C=O) groups excluding carboxylic acids is 1. The SMILES string of the molecule is Cc1nc(CC(=O)NCCCc2ccccc2)cs1. The maximum absolute atomic E-state index is 11.7. The summed E-state index contributed by atoms with van der Waals surface area (Å²) in [6, 6.07) is 10.3. The van der Waals surface area contributed by atoms with Crippen molar-refractivity contribution < 1.29 is 4.79 Å². The Bertz CT molecular complexity index is 522. The molecule has 0 aliphatic carbocycles. The molecule has 4 heteroatoms. The zero-order chi connectivity index (χ0) is 13.5. The third-order valence-corrected chi connectivity index (χ3v) is 3.64. The first kappa shape index (κ1) is 13.7. The van der Waals surface area contributed by atoms with Gasteiger partial charge in [0, 0.05) is 11.9 Å². The first-order valence-corrected chi connectivity index (χ1v) is 7.33. The van der Waals surface area contributed by atoms with E-state index in [1.165, 1.54) is 5.56 Å². The lowest BCUT2D eigenvalue weighted by molar-refractivity contribution is -0.120. The lowest BCUT2D eigenvalue weighted by atomic mass is 10.1. The number of aryl methyl sites for hydroxylation is 2. The smallest absolute Gasteiger partial charge is 0.226 e. The van der Waals surface area contributed by atoms with E-state index >= 15 is 0 Å². The number of nitrogens with zero attached hydrogens (tertiary/aromatic N) is 1. The van der Waals surface area contributed by atoms with Crippen LogP contribution in [0, 0.1) is 6.92 Å². The first-order chi connectivity index (χ1) is 9.24. The minimum absolute atomic E-state index is 0.0540. The molecule has 100 valence electrons. The molecule has 0 bridgehead atoms. The fraction of sp³-hybridized carbons (Fsp3) is 0.333. The summed E-state index contributed by atoms with van der Waals surface area (Å²) in [6.45, 7) is 2.67. The largest absolute Gasteiger partial charge is 0.356 e. The number of rotatable bonds is 6. The van der Waals surface area contributed by atoms with Gasteiger partial charge in [-0.2, -0.15) is 0 Å². The van der Waals surface area contributed by atoms with Gasteiger partial charge < -0.3 is 5.32 Å². The van der Waals surface area contributed by atoms with E-state index in [1.54, 1.807) is 11.3 Å². The molecule has 0 unspecified atom stereocenters. The standard InChI is InChI=1S/C15H18N2OS/c1-12-17-14(11-19-12)10-15(18)16-9-5-8-13-6-3-2-4-7-13/h2-4,6-7,11H,5,8-10H2,1H3,(H,16,18). The van der Waals surface area contributed by atoms with Crippen molar-refractivity contribution in [3.8, 4) is 0 Å². The Hall–Kier alpha value is -1.68. The summed E-state index contributed by atoms with van der Waals surface area (Å²) in [6.07, 6.45) is 2.35. The minimum Gasteiger partial charge on any atom is -0.356 e. The van der Waals surface area contributed by atoms with E-state index < -0.39 is 0 Å². The third kappa shape index (κ3) is 4.83. The predicted molar refractivity (Wildman–Crippen MR) is 78.3 cm³/mol. The van der Waals surface area contributed by atoms with Crippen molar-refractivity contribution in [3.63, 3.8) is 0 Å². The van der Waals surface area contributed by atoms with Crippen molar-refractivity contribution in [2.45, 2.75) is 26.2 Å². The number of carbonyl (C=O) groups is 1. The molecule has 2 rings (SSSR count). The maximum Gasteiger partial charge on any atom is 0.226 e. The number of thiazole rings is 1. The quantitative estimate of drug-likeness (QED) is 0.823. The third-order valence-electron chi connectivity index (χ3n) is 2.82. The Morgan fingerprint density at radius 3 is 2.79 bits per heavy atom. The molecule has 2 aromatic rings. The van der Waals surface area contributed by atoms with Crippen LogP contribution in [-0.4, -0.2) is 17.4 Å². The highest BCUT2D eigenvalue weighted by Gasteiger charge is 2.05. The second kappa shape index (κ2) is 7.04. The van der Waals surface area contributed by atoms with Gasteiger partial charge in [-0.1, -0.05) is 30.3 Å². The van der Waals surface area contributed by atoms with Gasteiger partial charge in [0.15, 0.2) is 0 Å². The monoisotopic (exact) mass is 274 g/mol. The second-order valence-electron chi connectivity index (χ2n) is 4.47. The normalized spacial score (nSPS) is 10.4. The Labute approximate surface area is 117 Å². The lowest BCUT2D eigenvalue weighted by Crippen LogP contribution is -2.26. The molecular weight excluding hydrogens is 256 g/mol. The lowest BCUT2D eigenvalue weighted by Gasteiger charge is -2.04. The van der Waals surface area contributed by atoms with Crippen molar-refractivity contribution >= 4 is 17.2 Å². The molecular formula is C15H18N2OS. The van der Waals surface area contributed by atoms with Crippen molar-refractivity contribution in [2.24, 2.45) is 0 Å². The zero-order valence-electron chi connectivity index (χ0n) is 11.1. The van der Waals surface area contributed by atoms with E-state index in [4.69, 9.17) is 0 Å². The van der Waals surface area contributed by atoms with E-state index in [2.05, 4.69) is 22.4 Å². The fourth-order valence-electron chi connectivity index (χ4n) is 1.88. The summed E-state index contributed by atoms with van der Waals surface area (Å²) in [5.41, 5.74) is 2.18. The molecule has 3 nitrogen and oxygen atoms in total. The van der Waals surface area contributed by atoms with Gasteiger partial charge in [-0.05, 0) is 25.3 Å². The van der Waals surface area contributed by atoms with Gasteiger partial charge in [0.2, 0.25) is 5.91 Å². The maximum atomic E-state index is 11.7. The van der Waals surface area contributed by atoms with Crippen molar-refractivity contribution in [1.29, 1.82) is 0 Å². The molecule has 1 amide bonds. The molecule has 19 heavy (non-hydrogen) atoms. The van der Waals surface area contributed by atoms with E-state index in [-0.39, 0.29) is 5.91 Å². The van der Waals surface area contributed by atoms with Crippen LogP contribution in [0.15, 0.2) is 35.7 Å². The fourth-order valence-corrected chi connectivity index (χ4v) is 2.49. The molecule has 0 atom stereocenters. The zero-order valence-corrected chi connectivity index (χ0v) is 11.9. The summed E-state index contributed by atoms with van der Waals surface area (Å²) < 4.78 is 0. The highest BCUT2D eigenvalue weighted by atomic mass is 32.1. The number of aromatic nitrogens is 1. The number of hydrogen-bond donors (Lipinski definition) is 1. The topological polar surface area (TPSA) is 42.0 Å². The molecule has 0 fully saturated rings. The highest BCUT2D eigenvalue weighted by Crippen LogP contribution is 2.08. The molecule has 0 radical (unpaired) electrons. The summed E-state index contributed by atoms with van der Waals surface area (Å²) >= 11 is 1.58. The van der Waals surface area contributed by atoms with Crippen LogP contribution in [0.1, 0.15) is 22.7 Å². The van der Waals surface area contributed by atoms with Crippen LogP contribution in [0.25, 0.3) is 0 Å². The van der Waals surface area contributed by atoms with Crippen LogP contribution in [-0.2, 0) is 17.6 Å². The predicted octanol–water partition coefficient (Wildman–Crippen LogP) is 2.74. The van der Waals surface area contributed by atoms with Crippen LogP contribution in [0.3, 0.4) is 0 Å². The number of nitrogens with one attached hydrogen (secondary N) is 1. The van der Waals surface area contributed by atoms with Crippen LogP contribution >= 0.6 is 11.3 Å². The van der Waals surface area contributed by atoms with Gasteiger partial charge in [-0.15, -0.1) is 11.3 Å². The van der Waals surface area contributed by atoms with Gasteiger partial charge in [0.05, 0.1) is 17.1 Å². The van der Waals surface area contributed by atoms with E-state index in [0.717, 1.165) is 30.1 Å². The van der Waals surface area contributed by atoms with Gasteiger partial charge in [-0.25, -0.2) is 4.98 Å². The van der Waals surface area contributed by atoms with Crippen molar-refractivity contribution in [1.82, 2.24) is 10.3 Å². The van der Waals surface area contributed by atoms with Crippen LogP contribution < -0.4 is 5.32 Å². The van der Waals surface area contributed by atoms with Gasteiger partial charge >= 0.3 is 0 Å². The van der Waals surface area contributed by atoms with Gasteiger partial charge in [0.25, 0.3) is 0 Å². The molecule has 1 N–H and O–H groups in total. The minimum atomic E-state index is 0.0540. The molecule has 0 saturated carbocycles. The van der Waals surface area contributed by atoms with Crippen molar-refractivity contribution in [3.05, 3.63) is 52.0 Å². The Kier molecular flexibility index (Phi) is 5.10. The molecule has 1 aromatic carbocycles. The number of benzene rings is 1. The molecule has 0 aliphatic rings. The van der Waals surface area contributed by atoms with E-state index in [0.29, 0.717) is 6.42 Å². The summed E-state index contributed by atoms with van der Waals surface area (Å²) in [7, 11) is 0. The summed E-state index contributed by atoms with van der Waals surface area (Å²) in [5, 5.41) is 5.89.